The van der Waals surface area contributed by atoms with Crippen molar-refractivity contribution >= 4 is 27.7 Å². The van der Waals surface area contributed by atoms with Gasteiger partial charge < -0.3 is 10.2 Å². The van der Waals surface area contributed by atoms with Crippen molar-refractivity contribution in [2.24, 2.45) is 0 Å². The van der Waals surface area contributed by atoms with E-state index in [-0.39, 0.29) is 10.8 Å². The number of sulfonamides is 1. The van der Waals surface area contributed by atoms with Crippen LogP contribution in [0.5, 0.6) is 0 Å². The van der Waals surface area contributed by atoms with Crippen LogP contribution in [0.3, 0.4) is 0 Å². The molecule has 0 unspecified atom stereocenters. The lowest BCUT2D eigenvalue weighted by molar-refractivity contribution is -0.111. The number of amides is 1. The predicted octanol–water partition coefficient (Wildman–Crippen LogP) is 2.66. The van der Waals surface area contributed by atoms with E-state index in [1.165, 1.54) is 22.5 Å². The lowest BCUT2D eigenvalue weighted by Crippen LogP contribution is -2.48. The number of hydrogen-bond donors (Lipinski definition) is 1. The van der Waals surface area contributed by atoms with E-state index in [4.69, 9.17) is 0 Å². The molecular weight excluding hydrogens is 374 g/mol. The molecule has 3 rings (SSSR count). The lowest BCUT2D eigenvalue weighted by atomic mass is 10.2. The molecule has 0 radical (unpaired) electrons. The van der Waals surface area contributed by atoms with Crippen LogP contribution in [0.25, 0.3) is 6.08 Å². The Kier molecular flexibility index (Phi) is 6.61. The fourth-order valence-electron chi connectivity index (χ4n) is 3.07. The first-order chi connectivity index (χ1) is 13.5. The Morgan fingerprint density at radius 1 is 1.00 bits per heavy atom. The number of rotatable bonds is 6. The molecule has 0 aliphatic carbocycles. The van der Waals surface area contributed by atoms with Gasteiger partial charge in [-0.05, 0) is 42.4 Å². The third kappa shape index (κ3) is 5.07. The molecule has 1 fully saturated rings. The zero-order valence-electron chi connectivity index (χ0n) is 15.9. The second-order valence-corrected chi connectivity index (χ2v) is 8.53. The van der Waals surface area contributed by atoms with Crippen LogP contribution in [0.15, 0.2) is 65.6 Å². The summed E-state index contributed by atoms with van der Waals surface area (Å²) in [6.07, 6.45) is 3.18. The minimum atomic E-state index is -3.51. The maximum absolute atomic E-state index is 12.8. The highest BCUT2D eigenvalue weighted by molar-refractivity contribution is 7.89. The van der Waals surface area contributed by atoms with Gasteiger partial charge in [0.05, 0.1) is 4.90 Å². The maximum atomic E-state index is 12.8. The molecule has 1 saturated heterocycles. The van der Waals surface area contributed by atoms with E-state index in [1.54, 1.807) is 18.2 Å². The van der Waals surface area contributed by atoms with E-state index in [9.17, 15) is 13.2 Å². The normalized spacial score (nSPS) is 16.3. The van der Waals surface area contributed by atoms with E-state index in [2.05, 4.69) is 17.1 Å². The summed E-state index contributed by atoms with van der Waals surface area (Å²) in [5.41, 5.74) is 1.49. The zero-order valence-corrected chi connectivity index (χ0v) is 16.7. The summed E-state index contributed by atoms with van der Waals surface area (Å²) in [6, 6.07) is 15.8. The molecule has 7 heteroatoms. The van der Waals surface area contributed by atoms with Gasteiger partial charge in [0.15, 0.2) is 0 Å². The topological polar surface area (TPSA) is 69.7 Å². The van der Waals surface area contributed by atoms with Crippen molar-refractivity contribution in [2.75, 3.05) is 38.0 Å². The van der Waals surface area contributed by atoms with Gasteiger partial charge in [0.2, 0.25) is 15.9 Å². The summed E-state index contributed by atoms with van der Waals surface area (Å²) in [5.74, 6) is -0.268. The number of benzene rings is 2. The van der Waals surface area contributed by atoms with E-state index in [0.717, 1.165) is 25.2 Å². The van der Waals surface area contributed by atoms with Crippen molar-refractivity contribution in [1.29, 1.82) is 0 Å². The molecule has 1 aliphatic rings. The largest absolute Gasteiger partial charge is 0.323 e. The van der Waals surface area contributed by atoms with Crippen molar-refractivity contribution in [2.45, 2.75) is 11.8 Å². The van der Waals surface area contributed by atoms with Gasteiger partial charge in [0.1, 0.15) is 0 Å². The average Bonchev–Trinajstić information content (AvgIpc) is 2.73. The first-order valence-corrected chi connectivity index (χ1v) is 10.8. The van der Waals surface area contributed by atoms with Gasteiger partial charge in [-0.15, -0.1) is 0 Å². The fourth-order valence-corrected chi connectivity index (χ4v) is 4.49. The number of nitrogens with zero attached hydrogens (tertiary/aromatic N) is 2. The molecule has 0 saturated carbocycles. The fraction of sp³-hybridized carbons (Fsp3) is 0.286. The van der Waals surface area contributed by atoms with Gasteiger partial charge in [0, 0.05) is 37.9 Å². The minimum Gasteiger partial charge on any atom is -0.323 e. The summed E-state index contributed by atoms with van der Waals surface area (Å²) in [6.45, 7) is 5.50. The van der Waals surface area contributed by atoms with E-state index in [1.807, 2.05) is 30.3 Å². The van der Waals surface area contributed by atoms with Crippen LogP contribution >= 0.6 is 0 Å². The van der Waals surface area contributed by atoms with Crippen LogP contribution in [-0.2, 0) is 14.8 Å². The summed E-state index contributed by atoms with van der Waals surface area (Å²) in [4.78, 5) is 14.5. The van der Waals surface area contributed by atoms with Crippen LogP contribution in [0.2, 0.25) is 0 Å². The van der Waals surface area contributed by atoms with Crippen LogP contribution in [0.1, 0.15) is 12.5 Å². The molecule has 6 nitrogen and oxygen atoms in total. The lowest BCUT2D eigenvalue weighted by Gasteiger charge is -2.33. The molecule has 1 aliphatic heterocycles. The van der Waals surface area contributed by atoms with Crippen molar-refractivity contribution in [3.05, 3.63) is 66.2 Å². The van der Waals surface area contributed by atoms with Gasteiger partial charge in [-0.2, -0.15) is 4.31 Å². The van der Waals surface area contributed by atoms with Crippen LogP contribution in [0, 0.1) is 0 Å². The van der Waals surface area contributed by atoms with Gasteiger partial charge in [-0.1, -0.05) is 37.3 Å². The highest BCUT2D eigenvalue weighted by Gasteiger charge is 2.27. The standard InChI is InChI=1S/C21H25N3O3S/c1-2-23-14-16-24(17-15-23)28(26,27)20-11-9-19(10-12-20)22-21(25)13-8-18-6-4-3-5-7-18/h3-13H,2,14-17H2,1H3,(H,22,25)/b13-8+. The third-order valence-corrected chi connectivity index (χ3v) is 6.68. The third-order valence-electron chi connectivity index (χ3n) is 4.76. The molecule has 0 bridgehead atoms. The van der Waals surface area contributed by atoms with Crippen molar-refractivity contribution < 1.29 is 13.2 Å². The van der Waals surface area contributed by atoms with Crippen LogP contribution in [0.4, 0.5) is 5.69 Å². The Morgan fingerprint density at radius 3 is 2.25 bits per heavy atom. The number of anilines is 1. The molecule has 0 aromatic heterocycles. The molecule has 0 atom stereocenters. The molecule has 2 aromatic carbocycles. The summed E-state index contributed by atoms with van der Waals surface area (Å²) in [7, 11) is -3.51. The van der Waals surface area contributed by atoms with E-state index < -0.39 is 10.0 Å². The maximum Gasteiger partial charge on any atom is 0.248 e. The average molecular weight is 400 g/mol. The smallest absolute Gasteiger partial charge is 0.248 e. The van der Waals surface area contributed by atoms with Gasteiger partial charge in [0.25, 0.3) is 0 Å². The Labute approximate surface area is 166 Å². The van der Waals surface area contributed by atoms with Gasteiger partial charge in [-0.25, -0.2) is 8.42 Å². The number of likely N-dealkylation sites (N-methyl/N-ethyl adjacent to an activating group) is 1. The molecule has 2 aromatic rings. The second kappa shape index (κ2) is 9.14. The number of carbonyl (C=O) groups is 1. The first-order valence-electron chi connectivity index (χ1n) is 9.36. The van der Waals surface area contributed by atoms with Crippen molar-refractivity contribution in [1.82, 2.24) is 9.21 Å². The molecule has 1 amide bonds. The van der Waals surface area contributed by atoms with Crippen LogP contribution in [-0.4, -0.2) is 56.3 Å². The highest BCUT2D eigenvalue weighted by Crippen LogP contribution is 2.20. The van der Waals surface area contributed by atoms with Gasteiger partial charge >= 0.3 is 0 Å². The van der Waals surface area contributed by atoms with Crippen LogP contribution < -0.4 is 5.32 Å². The Bertz CT molecular complexity index is 917. The molecular formula is C21H25N3O3S. The highest BCUT2D eigenvalue weighted by atomic mass is 32.2. The van der Waals surface area contributed by atoms with Crippen molar-refractivity contribution in [3.63, 3.8) is 0 Å². The predicted molar refractivity (Wildman–Crippen MR) is 111 cm³/mol. The molecule has 1 N–H and O–H groups in total. The zero-order chi connectivity index (χ0) is 20.0. The number of carbonyl (C=O) groups excluding carboxylic acids is 1. The van der Waals surface area contributed by atoms with Gasteiger partial charge in [-0.3, -0.25) is 4.79 Å². The van der Waals surface area contributed by atoms with E-state index >= 15 is 0 Å². The number of nitrogens with one attached hydrogen (secondary N) is 1. The molecule has 148 valence electrons. The second-order valence-electron chi connectivity index (χ2n) is 6.60. The summed E-state index contributed by atoms with van der Waals surface area (Å²) in [5, 5.41) is 2.74. The Balaban J connectivity index is 1.61. The summed E-state index contributed by atoms with van der Waals surface area (Å²) >= 11 is 0. The number of hydrogen-bond acceptors (Lipinski definition) is 4. The molecule has 1 heterocycles. The summed E-state index contributed by atoms with van der Waals surface area (Å²) < 4.78 is 27.1. The molecule has 0 spiro atoms. The monoisotopic (exact) mass is 399 g/mol. The Hall–Kier alpha value is -2.48. The molecule has 28 heavy (non-hydrogen) atoms. The quantitative estimate of drug-likeness (QED) is 0.759. The SMILES string of the molecule is CCN1CCN(S(=O)(=O)c2ccc(NC(=O)/C=C/c3ccccc3)cc2)CC1. The van der Waals surface area contributed by atoms with E-state index in [0.29, 0.717) is 18.8 Å². The minimum absolute atomic E-state index is 0.246. The first kappa shape index (κ1) is 20.3. The van der Waals surface area contributed by atoms with Crippen molar-refractivity contribution in [3.8, 4) is 0 Å². The number of piperazine rings is 1. The Morgan fingerprint density at radius 2 is 1.64 bits per heavy atom.